The molecule has 0 amide bonds. The molecular formula is C38H33N3O2S. The zero-order chi connectivity index (χ0) is 30.4. The molecule has 0 aliphatic carbocycles. The number of rotatable bonds is 3. The summed E-state index contributed by atoms with van der Waals surface area (Å²) in [5.74, 6) is 2.44. The van der Waals surface area contributed by atoms with Gasteiger partial charge in [0.15, 0.2) is 10.5 Å². The standard InChI is InChI=1S/C38H33N3O2S/c1-37(2,3)22-15-16-39-33(18-22)41-29-10-8-7-9-26(29)27-13-11-25(20-30(27)41)42-24-12-14-32-28(19-24)34-35-31(43-36(34)44-32)17-23(21-40-35)38(4,5)6/h7-21H,1-6H3. The lowest BCUT2D eigenvalue weighted by atomic mass is 9.88. The van der Waals surface area contributed by atoms with Crippen LogP contribution in [0.4, 0.5) is 0 Å². The Morgan fingerprint density at radius 1 is 0.705 bits per heavy atom. The molecule has 0 aliphatic heterocycles. The predicted octanol–water partition coefficient (Wildman–Crippen LogP) is 11.1. The summed E-state index contributed by atoms with van der Waals surface area (Å²) in [6.07, 6.45) is 3.88. The number of para-hydroxylation sites is 1. The summed E-state index contributed by atoms with van der Waals surface area (Å²) in [4.78, 5) is 10.6. The van der Waals surface area contributed by atoms with Crippen molar-refractivity contribution in [3.05, 3.63) is 102 Å². The number of aromatic nitrogens is 3. The highest BCUT2D eigenvalue weighted by molar-refractivity contribution is 7.25. The van der Waals surface area contributed by atoms with Crippen molar-refractivity contribution < 1.29 is 9.15 Å². The Morgan fingerprint density at radius 2 is 1.45 bits per heavy atom. The Morgan fingerprint density at radius 3 is 2.27 bits per heavy atom. The van der Waals surface area contributed by atoms with Gasteiger partial charge in [0.2, 0.25) is 0 Å². The van der Waals surface area contributed by atoms with Crippen molar-refractivity contribution in [2.75, 3.05) is 0 Å². The lowest BCUT2D eigenvalue weighted by Gasteiger charge is -2.20. The molecule has 0 unspecified atom stereocenters. The summed E-state index contributed by atoms with van der Waals surface area (Å²) in [7, 11) is 0. The Bertz CT molecular complexity index is 2400. The van der Waals surface area contributed by atoms with Gasteiger partial charge in [0.1, 0.15) is 22.8 Å². The van der Waals surface area contributed by atoms with Crippen LogP contribution < -0.4 is 4.74 Å². The minimum Gasteiger partial charge on any atom is -0.457 e. The first-order chi connectivity index (χ1) is 21.0. The molecule has 218 valence electrons. The van der Waals surface area contributed by atoms with Crippen molar-refractivity contribution in [1.82, 2.24) is 14.5 Å². The van der Waals surface area contributed by atoms with E-state index in [9.17, 15) is 0 Å². The molecular weight excluding hydrogens is 563 g/mol. The first-order valence-corrected chi connectivity index (χ1v) is 15.8. The summed E-state index contributed by atoms with van der Waals surface area (Å²) in [6, 6.07) is 27.5. The SMILES string of the molecule is CC(C)(C)c1ccnc(-n2c3ccccc3c3ccc(Oc4ccc5sc6oc7cc(C(C)(C)C)cnc7c6c5c4)cc32)c1. The summed E-state index contributed by atoms with van der Waals surface area (Å²) in [5, 5.41) is 4.49. The highest BCUT2D eigenvalue weighted by atomic mass is 32.1. The number of furan rings is 1. The van der Waals surface area contributed by atoms with E-state index in [1.807, 2.05) is 24.5 Å². The van der Waals surface area contributed by atoms with Crippen molar-refractivity contribution in [3.63, 3.8) is 0 Å². The molecule has 0 spiro atoms. The van der Waals surface area contributed by atoms with E-state index < -0.39 is 0 Å². The molecule has 0 fully saturated rings. The number of hydrogen-bond acceptors (Lipinski definition) is 5. The molecule has 0 saturated carbocycles. The van der Waals surface area contributed by atoms with E-state index in [1.165, 1.54) is 10.9 Å². The average molecular weight is 596 g/mol. The topological polar surface area (TPSA) is 53.1 Å². The average Bonchev–Trinajstić information content (AvgIpc) is 3.63. The molecule has 3 aromatic carbocycles. The summed E-state index contributed by atoms with van der Waals surface area (Å²) < 4.78 is 16.2. The second-order valence-corrected chi connectivity index (χ2v) is 14.6. The summed E-state index contributed by atoms with van der Waals surface area (Å²) in [6.45, 7) is 13.3. The van der Waals surface area contributed by atoms with Crippen LogP contribution >= 0.6 is 11.3 Å². The number of hydrogen-bond donors (Lipinski definition) is 0. The third kappa shape index (κ3) is 4.27. The molecule has 5 aromatic heterocycles. The molecule has 8 aromatic rings. The number of nitrogens with zero attached hydrogens (tertiary/aromatic N) is 3. The maximum Gasteiger partial charge on any atom is 0.191 e. The van der Waals surface area contributed by atoms with Crippen molar-refractivity contribution >= 4 is 64.6 Å². The van der Waals surface area contributed by atoms with E-state index in [0.717, 1.165) is 70.8 Å². The van der Waals surface area contributed by atoms with E-state index in [2.05, 4.69) is 113 Å². The van der Waals surface area contributed by atoms with Gasteiger partial charge >= 0.3 is 0 Å². The van der Waals surface area contributed by atoms with Crippen LogP contribution in [0.3, 0.4) is 0 Å². The predicted molar refractivity (Wildman–Crippen MR) is 183 cm³/mol. The van der Waals surface area contributed by atoms with Gasteiger partial charge < -0.3 is 9.15 Å². The zero-order valence-corrected chi connectivity index (χ0v) is 26.5. The van der Waals surface area contributed by atoms with E-state index in [-0.39, 0.29) is 10.8 Å². The summed E-state index contributed by atoms with van der Waals surface area (Å²) >= 11 is 1.65. The van der Waals surface area contributed by atoms with Crippen LogP contribution in [0.1, 0.15) is 52.7 Å². The molecule has 0 atom stereocenters. The summed E-state index contributed by atoms with van der Waals surface area (Å²) in [5.41, 5.74) is 6.32. The van der Waals surface area contributed by atoms with Gasteiger partial charge in [0, 0.05) is 39.3 Å². The Kier molecular flexibility index (Phi) is 5.75. The lowest BCUT2D eigenvalue weighted by Crippen LogP contribution is -2.12. The van der Waals surface area contributed by atoms with Crippen molar-refractivity contribution in [3.8, 4) is 17.3 Å². The molecule has 44 heavy (non-hydrogen) atoms. The fourth-order valence-corrected chi connectivity index (χ4v) is 7.08. The van der Waals surface area contributed by atoms with Crippen LogP contribution in [-0.2, 0) is 10.8 Å². The maximum absolute atomic E-state index is 6.55. The highest BCUT2D eigenvalue weighted by Gasteiger charge is 2.21. The van der Waals surface area contributed by atoms with Gasteiger partial charge in [-0.2, -0.15) is 0 Å². The van der Waals surface area contributed by atoms with Crippen molar-refractivity contribution in [1.29, 1.82) is 0 Å². The first kappa shape index (κ1) is 26.9. The van der Waals surface area contributed by atoms with Crippen LogP contribution in [0.15, 0.2) is 95.7 Å². The molecule has 0 radical (unpaired) electrons. The zero-order valence-electron chi connectivity index (χ0n) is 25.7. The van der Waals surface area contributed by atoms with Crippen LogP contribution in [0.5, 0.6) is 11.5 Å². The third-order valence-electron chi connectivity index (χ3n) is 8.51. The van der Waals surface area contributed by atoms with Crippen LogP contribution in [0.25, 0.3) is 59.1 Å². The Balaban J connectivity index is 1.24. The Hall–Kier alpha value is -4.68. The van der Waals surface area contributed by atoms with Crippen LogP contribution in [0, 0.1) is 0 Å². The second kappa shape index (κ2) is 9.41. The van der Waals surface area contributed by atoms with Gasteiger partial charge in [-0.15, -0.1) is 0 Å². The number of fused-ring (bicyclic) bond motifs is 8. The normalized spacial score (nSPS) is 12.8. The lowest BCUT2D eigenvalue weighted by molar-refractivity contribution is 0.484. The van der Waals surface area contributed by atoms with E-state index >= 15 is 0 Å². The smallest absolute Gasteiger partial charge is 0.191 e. The molecule has 5 nitrogen and oxygen atoms in total. The molecule has 6 heteroatoms. The van der Waals surface area contributed by atoms with E-state index in [4.69, 9.17) is 19.1 Å². The monoisotopic (exact) mass is 595 g/mol. The number of ether oxygens (including phenoxy) is 1. The molecule has 0 saturated heterocycles. The van der Waals surface area contributed by atoms with Crippen LogP contribution in [0.2, 0.25) is 0 Å². The van der Waals surface area contributed by atoms with Crippen molar-refractivity contribution in [2.24, 2.45) is 0 Å². The minimum atomic E-state index is 0.00272. The number of benzene rings is 3. The van der Waals surface area contributed by atoms with Gasteiger partial charge in [-0.25, -0.2) is 4.98 Å². The first-order valence-electron chi connectivity index (χ1n) is 15.0. The fraction of sp³-hybridized carbons (Fsp3) is 0.211. The highest BCUT2D eigenvalue weighted by Crippen LogP contribution is 2.43. The van der Waals surface area contributed by atoms with Gasteiger partial charge in [-0.05, 0) is 76.6 Å². The number of thiophene rings is 1. The third-order valence-corrected chi connectivity index (χ3v) is 9.56. The molecule has 8 rings (SSSR count). The van der Waals surface area contributed by atoms with Crippen molar-refractivity contribution in [2.45, 2.75) is 52.4 Å². The van der Waals surface area contributed by atoms with Gasteiger partial charge in [-0.1, -0.05) is 71.1 Å². The molecule has 0 bridgehead atoms. The van der Waals surface area contributed by atoms with E-state index in [0.29, 0.717) is 0 Å². The largest absolute Gasteiger partial charge is 0.457 e. The minimum absolute atomic E-state index is 0.00272. The van der Waals surface area contributed by atoms with E-state index in [1.54, 1.807) is 11.3 Å². The maximum atomic E-state index is 6.55. The second-order valence-electron chi connectivity index (χ2n) is 13.6. The molecule has 0 N–H and O–H groups in total. The quantitative estimate of drug-likeness (QED) is 0.204. The Labute approximate surface area is 259 Å². The number of pyridine rings is 2. The fourth-order valence-electron chi connectivity index (χ4n) is 6.04. The van der Waals surface area contributed by atoms with Crippen LogP contribution in [-0.4, -0.2) is 14.5 Å². The van der Waals surface area contributed by atoms with Gasteiger partial charge in [0.05, 0.1) is 16.4 Å². The van der Waals surface area contributed by atoms with Gasteiger partial charge in [0.25, 0.3) is 0 Å². The van der Waals surface area contributed by atoms with Gasteiger partial charge in [-0.3, -0.25) is 9.55 Å². The molecule has 0 aliphatic rings. The molecule has 5 heterocycles.